The van der Waals surface area contributed by atoms with E-state index in [-0.39, 0.29) is 17.7 Å². The molecule has 2 saturated heterocycles. The van der Waals surface area contributed by atoms with Gasteiger partial charge in [-0.25, -0.2) is 0 Å². The van der Waals surface area contributed by atoms with Crippen LogP contribution in [0.1, 0.15) is 55.7 Å². The fourth-order valence-electron chi connectivity index (χ4n) is 7.15. The molecule has 1 aliphatic carbocycles. The average molecular weight is 502 g/mol. The fraction of sp³-hybridized carbons (Fsp3) is 0.516. The number of hydrogen-bond acceptors (Lipinski definition) is 3. The standard InChI is InChI=1S/C31H39N3O3/c1-30(2,28(32)36)25(18-21-16-23-12-7-8-13-24(23)17-21)27(35)34-15-9-14-31(20-34)26(19-33(3)29(31)37)22-10-5-4-6-11-22/h4-8,10-13,21,25-26H,9,14-20H2,1-3H3,(H2,32,36)/t25-,26-,31-/m0/s1. The monoisotopic (exact) mass is 501 g/mol. The summed E-state index contributed by atoms with van der Waals surface area (Å²) in [6.45, 7) is 5.27. The van der Waals surface area contributed by atoms with E-state index in [2.05, 4.69) is 36.4 Å². The number of likely N-dealkylation sites (tertiary alicyclic amines) is 2. The molecule has 2 N–H and O–H groups in total. The first-order valence-electron chi connectivity index (χ1n) is 13.6. The molecule has 0 radical (unpaired) electrons. The van der Waals surface area contributed by atoms with Crippen LogP contribution in [-0.2, 0) is 27.2 Å². The van der Waals surface area contributed by atoms with Gasteiger partial charge in [0.25, 0.3) is 0 Å². The molecule has 2 aliphatic heterocycles. The molecule has 1 spiro atoms. The second-order valence-corrected chi connectivity index (χ2v) is 12.1. The van der Waals surface area contributed by atoms with Gasteiger partial charge in [0.05, 0.1) is 16.7 Å². The van der Waals surface area contributed by atoms with Crippen molar-refractivity contribution in [3.8, 4) is 0 Å². The second-order valence-electron chi connectivity index (χ2n) is 12.1. The molecule has 6 heteroatoms. The maximum Gasteiger partial charge on any atom is 0.231 e. The van der Waals surface area contributed by atoms with E-state index in [0.29, 0.717) is 32.0 Å². The molecular formula is C31H39N3O3. The number of hydrogen-bond donors (Lipinski definition) is 1. The highest BCUT2D eigenvalue weighted by Gasteiger charge is 2.56. The first-order chi connectivity index (χ1) is 17.6. The number of nitrogens with two attached hydrogens (primary N) is 1. The van der Waals surface area contributed by atoms with Crippen LogP contribution < -0.4 is 5.73 Å². The number of fused-ring (bicyclic) bond motifs is 1. The third kappa shape index (κ3) is 4.45. The summed E-state index contributed by atoms with van der Waals surface area (Å²) in [5.41, 5.74) is 8.08. The van der Waals surface area contributed by atoms with Gasteiger partial charge in [-0.3, -0.25) is 14.4 Å². The molecule has 2 aromatic rings. The van der Waals surface area contributed by atoms with Crippen molar-refractivity contribution in [2.75, 3.05) is 26.7 Å². The molecule has 2 aromatic carbocycles. The minimum Gasteiger partial charge on any atom is -0.369 e. The zero-order valence-electron chi connectivity index (χ0n) is 22.3. The highest BCUT2D eigenvalue weighted by Crippen LogP contribution is 2.50. The second kappa shape index (κ2) is 9.62. The van der Waals surface area contributed by atoms with Gasteiger partial charge in [-0.2, -0.15) is 0 Å². The van der Waals surface area contributed by atoms with Crippen molar-refractivity contribution >= 4 is 17.7 Å². The van der Waals surface area contributed by atoms with Crippen LogP contribution in [0.15, 0.2) is 54.6 Å². The summed E-state index contributed by atoms with van der Waals surface area (Å²) < 4.78 is 0. The van der Waals surface area contributed by atoms with Crippen molar-refractivity contribution in [3.63, 3.8) is 0 Å². The largest absolute Gasteiger partial charge is 0.369 e. The molecule has 3 aliphatic rings. The molecule has 3 amide bonds. The normalized spacial score (nSPS) is 24.9. The number of piperidine rings is 1. The first-order valence-corrected chi connectivity index (χ1v) is 13.6. The Kier molecular flexibility index (Phi) is 6.63. The van der Waals surface area contributed by atoms with Gasteiger partial charge < -0.3 is 15.5 Å². The lowest BCUT2D eigenvalue weighted by atomic mass is 9.68. The summed E-state index contributed by atoms with van der Waals surface area (Å²) >= 11 is 0. The Morgan fingerprint density at radius 3 is 2.30 bits per heavy atom. The van der Waals surface area contributed by atoms with Crippen molar-refractivity contribution < 1.29 is 14.4 Å². The molecular weight excluding hydrogens is 462 g/mol. The molecule has 0 unspecified atom stereocenters. The number of nitrogens with zero attached hydrogens (tertiary/aromatic N) is 2. The van der Waals surface area contributed by atoms with Crippen molar-refractivity contribution in [2.24, 2.45) is 28.4 Å². The van der Waals surface area contributed by atoms with E-state index < -0.39 is 22.7 Å². The van der Waals surface area contributed by atoms with Gasteiger partial charge in [0, 0.05) is 32.6 Å². The van der Waals surface area contributed by atoms with Crippen molar-refractivity contribution in [3.05, 3.63) is 71.3 Å². The first kappa shape index (κ1) is 25.5. The van der Waals surface area contributed by atoms with E-state index in [9.17, 15) is 14.4 Å². The van der Waals surface area contributed by atoms with Gasteiger partial charge in [0.1, 0.15) is 0 Å². The van der Waals surface area contributed by atoms with Crippen LogP contribution in [0.25, 0.3) is 0 Å². The molecule has 0 saturated carbocycles. The molecule has 37 heavy (non-hydrogen) atoms. The predicted molar refractivity (Wildman–Crippen MR) is 143 cm³/mol. The van der Waals surface area contributed by atoms with E-state index in [1.54, 1.807) is 13.8 Å². The van der Waals surface area contributed by atoms with Crippen molar-refractivity contribution in [1.29, 1.82) is 0 Å². The Morgan fingerprint density at radius 2 is 1.68 bits per heavy atom. The van der Waals surface area contributed by atoms with Gasteiger partial charge in [0.2, 0.25) is 17.7 Å². The summed E-state index contributed by atoms with van der Waals surface area (Å²) in [4.78, 5) is 44.2. The van der Waals surface area contributed by atoms with Gasteiger partial charge in [-0.1, -0.05) is 68.4 Å². The minimum absolute atomic E-state index is 0.0343. The number of benzene rings is 2. The lowest BCUT2D eigenvalue weighted by Gasteiger charge is -2.45. The van der Waals surface area contributed by atoms with Gasteiger partial charge in [-0.05, 0) is 54.7 Å². The Balaban J connectivity index is 1.42. The van der Waals surface area contributed by atoms with Crippen LogP contribution in [0.3, 0.4) is 0 Å². The Hall–Kier alpha value is -3.15. The molecule has 2 heterocycles. The number of carbonyl (C=O) groups is 3. The van der Waals surface area contributed by atoms with Crippen LogP contribution in [0.2, 0.25) is 0 Å². The summed E-state index contributed by atoms with van der Waals surface area (Å²) in [5, 5.41) is 0. The maximum absolute atomic E-state index is 14.3. The van der Waals surface area contributed by atoms with Gasteiger partial charge >= 0.3 is 0 Å². The van der Waals surface area contributed by atoms with Crippen molar-refractivity contribution in [1.82, 2.24) is 9.80 Å². The maximum atomic E-state index is 14.3. The summed E-state index contributed by atoms with van der Waals surface area (Å²) in [5.74, 6) is -0.562. The van der Waals surface area contributed by atoms with E-state index in [0.717, 1.165) is 31.2 Å². The van der Waals surface area contributed by atoms with Crippen LogP contribution >= 0.6 is 0 Å². The zero-order chi connectivity index (χ0) is 26.4. The molecule has 2 fully saturated rings. The van der Waals surface area contributed by atoms with Crippen molar-refractivity contribution in [2.45, 2.75) is 51.9 Å². The van der Waals surface area contributed by atoms with E-state index in [4.69, 9.17) is 5.73 Å². The highest BCUT2D eigenvalue weighted by atomic mass is 16.2. The van der Waals surface area contributed by atoms with Crippen LogP contribution in [0.5, 0.6) is 0 Å². The Morgan fingerprint density at radius 1 is 1.05 bits per heavy atom. The predicted octanol–water partition coefficient (Wildman–Crippen LogP) is 3.78. The third-order valence-corrected chi connectivity index (χ3v) is 9.44. The molecule has 3 atom stereocenters. The molecule has 196 valence electrons. The summed E-state index contributed by atoms with van der Waals surface area (Å²) in [6.07, 6.45) is 3.98. The van der Waals surface area contributed by atoms with E-state index >= 15 is 0 Å². The average Bonchev–Trinajstić information content (AvgIpc) is 3.41. The quantitative estimate of drug-likeness (QED) is 0.654. The minimum atomic E-state index is -0.980. The molecule has 6 nitrogen and oxygen atoms in total. The lowest BCUT2D eigenvalue weighted by Crippen LogP contribution is -2.55. The van der Waals surface area contributed by atoms with E-state index in [1.165, 1.54) is 11.1 Å². The zero-order valence-corrected chi connectivity index (χ0v) is 22.3. The SMILES string of the molecule is CN1C[C@@H](c2ccccc2)[C@@]2(CCCN(C(=O)[C@H](CC3Cc4ccccc4C3)C(C)(C)C(N)=O)C2)C1=O. The Labute approximate surface area is 220 Å². The molecule has 0 aromatic heterocycles. The topological polar surface area (TPSA) is 83.7 Å². The summed E-state index contributed by atoms with van der Waals surface area (Å²) in [7, 11) is 1.87. The lowest BCUT2D eigenvalue weighted by molar-refractivity contribution is -0.152. The highest BCUT2D eigenvalue weighted by molar-refractivity contribution is 5.91. The van der Waals surface area contributed by atoms with Crippen LogP contribution in [-0.4, -0.2) is 54.2 Å². The number of likely N-dealkylation sites (N-methyl/N-ethyl adjacent to an activating group) is 1. The van der Waals surface area contributed by atoms with E-state index in [1.807, 2.05) is 35.0 Å². The van der Waals surface area contributed by atoms with Gasteiger partial charge in [0.15, 0.2) is 0 Å². The molecule has 0 bridgehead atoms. The Bertz CT molecular complexity index is 1170. The number of amides is 3. The third-order valence-electron chi connectivity index (χ3n) is 9.44. The van der Waals surface area contributed by atoms with Crippen LogP contribution in [0, 0.1) is 22.7 Å². The number of rotatable bonds is 6. The fourth-order valence-corrected chi connectivity index (χ4v) is 7.15. The number of primary amides is 1. The smallest absolute Gasteiger partial charge is 0.231 e. The number of carbonyl (C=O) groups excluding carboxylic acids is 3. The van der Waals surface area contributed by atoms with Gasteiger partial charge in [-0.15, -0.1) is 0 Å². The molecule has 5 rings (SSSR count). The summed E-state index contributed by atoms with van der Waals surface area (Å²) in [6, 6.07) is 18.6. The van der Waals surface area contributed by atoms with Crippen LogP contribution in [0.4, 0.5) is 0 Å².